The van der Waals surface area contributed by atoms with Crippen molar-refractivity contribution in [1.82, 2.24) is 5.43 Å². The van der Waals surface area contributed by atoms with Gasteiger partial charge in [0.15, 0.2) is 0 Å². The highest BCUT2D eigenvalue weighted by molar-refractivity contribution is 6.01. The molecule has 1 amide bonds. The minimum Gasteiger partial charge on any atom is -0.376 e. The number of carbonyl (C=O) groups excluding carboxylic acids is 1. The first-order valence-electron chi connectivity index (χ1n) is 8.94. The Morgan fingerprint density at radius 3 is 2.81 bits per heavy atom. The third-order valence-electron chi connectivity index (χ3n) is 4.85. The van der Waals surface area contributed by atoms with Crippen LogP contribution >= 0.6 is 0 Å². The van der Waals surface area contributed by atoms with Gasteiger partial charge in [-0.25, -0.2) is 5.43 Å². The zero-order valence-electron chi connectivity index (χ0n) is 15.4. The van der Waals surface area contributed by atoms with Crippen molar-refractivity contribution in [2.75, 3.05) is 11.9 Å². The molecule has 0 heterocycles. The lowest BCUT2D eigenvalue weighted by Gasteiger charge is -2.22. The van der Waals surface area contributed by atoms with Crippen molar-refractivity contribution in [1.29, 1.82) is 0 Å². The molecule has 4 heteroatoms. The summed E-state index contributed by atoms with van der Waals surface area (Å²) in [7, 11) is 0. The van der Waals surface area contributed by atoms with E-state index in [1.165, 1.54) is 0 Å². The Balaban J connectivity index is 1.61. The van der Waals surface area contributed by atoms with E-state index in [9.17, 15) is 4.79 Å². The third-order valence-corrected chi connectivity index (χ3v) is 4.85. The average Bonchev–Trinajstić information content (AvgIpc) is 2.65. The van der Waals surface area contributed by atoms with Crippen LogP contribution in [0.1, 0.15) is 26.7 Å². The number of anilines is 1. The monoisotopic (exact) mass is 347 g/mol. The highest BCUT2D eigenvalue weighted by Crippen LogP contribution is 2.26. The first-order chi connectivity index (χ1) is 12.5. The lowest BCUT2D eigenvalue weighted by Crippen LogP contribution is -2.28. The fourth-order valence-corrected chi connectivity index (χ4v) is 3.15. The summed E-state index contributed by atoms with van der Waals surface area (Å²) in [4.78, 5) is 12.2. The van der Waals surface area contributed by atoms with Gasteiger partial charge in [-0.3, -0.25) is 4.79 Å². The van der Waals surface area contributed by atoms with Gasteiger partial charge >= 0.3 is 0 Å². The number of allylic oxidation sites excluding steroid dienone is 3. The van der Waals surface area contributed by atoms with Gasteiger partial charge in [0, 0.05) is 11.1 Å². The van der Waals surface area contributed by atoms with E-state index in [2.05, 4.69) is 40.6 Å². The van der Waals surface area contributed by atoms with Gasteiger partial charge in [0.2, 0.25) is 0 Å². The largest absolute Gasteiger partial charge is 0.376 e. The van der Waals surface area contributed by atoms with E-state index in [4.69, 9.17) is 0 Å². The van der Waals surface area contributed by atoms with Gasteiger partial charge in [-0.2, -0.15) is 5.10 Å². The van der Waals surface area contributed by atoms with Crippen LogP contribution in [0, 0.1) is 5.92 Å². The molecule has 0 bridgehead atoms. The van der Waals surface area contributed by atoms with Crippen LogP contribution in [-0.4, -0.2) is 18.2 Å². The van der Waals surface area contributed by atoms with Crippen molar-refractivity contribution >= 4 is 28.1 Å². The molecule has 2 N–H and O–H groups in total. The van der Waals surface area contributed by atoms with Crippen molar-refractivity contribution in [2.24, 2.45) is 11.0 Å². The summed E-state index contributed by atoms with van der Waals surface area (Å²) in [5, 5.41) is 9.79. The van der Waals surface area contributed by atoms with Crippen molar-refractivity contribution in [3.63, 3.8) is 0 Å². The summed E-state index contributed by atoms with van der Waals surface area (Å²) in [6.45, 7) is 8.30. The molecule has 2 aromatic carbocycles. The molecule has 0 radical (unpaired) electrons. The second-order valence-corrected chi connectivity index (χ2v) is 6.84. The van der Waals surface area contributed by atoms with E-state index in [1.54, 1.807) is 0 Å². The second kappa shape index (κ2) is 8.00. The number of nitrogens with one attached hydrogen (secondary N) is 2. The molecule has 0 aliphatic heterocycles. The van der Waals surface area contributed by atoms with Crippen LogP contribution in [-0.2, 0) is 4.79 Å². The molecule has 3 rings (SSSR count). The van der Waals surface area contributed by atoms with E-state index in [0.29, 0.717) is 5.92 Å². The van der Waals surface area contributed by atoms with Gasteiger partial charge < -0.3 is 5.32 Å². The number of hydrazone groups is 1. The Labute approximate surface area is 154 Å². The number of hydrogen-bond acceptors (Lipinski definition) is 3. The number of carbonyl (C=O) groups is 1. The second-order valence-electron chi connectivity index (χ2n) is 6.84. The molecule has 0 saturated carbocycles. The topological polar surface area (TPSA) is 53.5 Å². The summed E-state index contributed by atoms with van der Waals surface area (Å²) in [5.41, 5.74) is 6.84. The molecular weight excluding hydrogens is 322 g/mol. The maximum absolute atomic E-state index is 12.2. The smallest absolute Gasteiger partial charge is 0.259 e. The number of hydrogen-bond donors (Lipinski definition) is 2. The van der Waals surface area contributed by atoms with Crippen LogP contribution in [0.4, 0.5) is 5.69 Å². The lowest BCUT2D eigenvalue weighted by molar-refractivity contribution is -0.119. The fraction of sp³-hybridized carbons (Fsp3) is 0.273. The molecule has 4 nitrogen and oxygen atoms in total. The Morgan fingerprint density at radius 1 is 1.23 bits per heavy atom. The Morgan fingerprint density at radius 2 is 2.00 bits per heavy atom. The molecule has 1 aliphatic rings. The van der Waals surface area contributed by atoms with Gasteiger partial charge in [-0.15, -0.1) is 0 Å². The molecule has 0 fully saturated rings. The van der Waals surface area contributed by atoms with Crippen molar-refractivity contribution in [2.45, 2.75) is 26.7 Å². The van der Waals surface area contributed by atoms with E-state index >= 15 is 0 Å². The van der Waals surface area contributed by atoms with E-state index in [0.717, 1.165) is 46.2 Å². The van der Waals surface area contributed by atoms with Crippen molar-refractivity contribution in [3.05, 3.63) is 66.3 Å². The molecule has 0 aromatic heterocycles. The van der Waals surface area contributed by atoms with Gasteiger partial charge in [0.1, 0.15) is 0 Å². The van der Waals surface area contributed by atoms with Crippen LogP contribution in [0.5, 0.6) is 0 Å². The average molecular weight is 347 g/mol. The van der Waals surface area contributed by atoms with Crippen LogP contribution in [0.25, 0.3) is 10.8 Å². The zero-order valence-corrected chi connectivity index (χ0v) is 15.4. The van der Waals surface area contributed by atoms with Gasteiger partial charge in [0.05, 0.1) is 12.3 Å². The molecule has 2 aromatic rings. The van der Waals surface area contributed by atoms with Crippen LogP contribution in [0.15, 0.2) is 71.4 Å². The highest BCUT2D eigenvalue weighted by Gasteiger charge is 2.18. The van der Waals surface area contributed by atoms with Crippen LogP contribution in [0.2, 0.25) is 0 Å². The standard InChI is InChI=1S/C22H25N3O/c1-15(2)18-12-11-16(3)21(13-18)24-25-22(26)14-23-20-10-6-8-17-7-4-5-9-19(17)20/h4-11,18,23H,1,12-14H2,2-3H3,(H,25,26)/b24-21+/t18-/m0/s1. The predicted molar refractivity (Wildman–Crippen MR) is 109 cm³/mol. The number of benzene rings is 2. The molecule has 134 valence electrons. The zero-order chi connectivity index (χ0) is 18.5. The summed E-state index contributed by atoms with van der Waals surface area (Å²) in [5.74, 6) is 0.249. The summed E-state index contributed by atoms with van der Waals surface area (Å²) >= 11 is 0. The van der Waals surface area contributed by atoms with E-state index < -0.39 is 0 Å². The minimum absolute atomic E-state index is 0.157. The molecule has 1 aliphatic carbocycles. The predicted octanol–water partition coefficient (Wildman–Crippen LogP) is 4.66. The SMILES string of the molecule is C=C(C)[C@H]1CC=C(C)/C(=N/NC(=O)CNc2cccc3ccccc23)C1. The van der Waals surface area contributed by atoms with Crippen LogP contribution in [0.3, 0.4) is 0 Å². The minimum atomic E-state index is -0.157. The lowest BCUT2D eigenvalue weighted by atomic mass is 9.85. The maximum Gasteiger partial charge on any atom is 0.259 e. The van der Waals surface area contributed by atoms with E-state index in [1.807, 2.05) is 44.2 Å². The van der Waals surface area contributed by atoms with Gasteiger partial charge in [-0.05, 0) is 49.6 Å². The van der Waals surface area contributed by atoms with Crippen molar-refractivity contribution in [3.8, 4) is 0 Å². The molecular formula is C22H25N3O. The fourth-order valence-electron chi connectivity index (χ4n) is 3.15. The van der Waals surface area contributed by atoms with Crippen molar-refractivity contribution < 1.29 is 4.79 Å². The molecule has 0 spiro atoms. The summed E-state index contributed by atoms with van der Waals surface area (Å²) in [6, 6.07) is 14.1. The maximum atomic E-state index is 12.2. The number of nitrogens with zero attached hydrogens (tertiary/aromatic N) is 1. The molecule has 1 atom stereocenters. The first-order valence-corrected chi connectivity index (χ1v) is 8.94. The van der Waals surface area contributed by atoms with E-state index in [-0.39, 0.29) is 12.5 Å². The first kappa shape index (κ1) is 17.9. The van der Waals surface area contributed by atoms with Crippen LogP contribution < -0.4 is 10.7 Å². The highest BCUT2D eigenvalue weighted by atomic mass is 16.2. The molecule has 26 heavy (non-hydrogen) atoms. The Bertz CT molecular complexity index is 890. The molecule has 0 unspecified atom stereocenters. The number of rotatable bonds is 5. The Hall–Kier alpha value is -2.88. The third kappa shape index (κ3) is 4.20. The van der Waals surface area contributed by atoms with Gasteiger partial charge in [-0.1, -0.05) is 54.6 Å². The normalized spacial score (nSPS) is 18.5. The summed E-state index contributed by atoms with van der Waals surface area (Å²) in [6.07, 6.45) is 3.99. The molecule has 0 saturated heterocycles. The number of amides is 1. The quantitative estimate of drug-likeness (QED) is 0.611. The Kier molecular flexibility index (Phi) is 5.52. The summed E-state index contributed by atoms with van der Waals surface area (Å²) < 4.78 is 0. The number of fused-ring (bicyclic) bond motifs is 1. The van der Waals surface area contributed by atoms with Gasteiger partial charge in [0.25, 0.3) is 5.91 Å².